The number of aryl methyl sites for hydroxylation is 1. The van der Waals surface area contributed by atoms with Crippen molar-refractivity contribution >= 4 is 17.5 Å². The Bertz CT molecular complexity index is 744. The van der Waals surface area contributed by atoms with Gasteiger partial charge in [0.25, 0.3) is 5.91 Å². The van der Waals surface area contributed by atoms with E-state index in [1.807, 2.05) is 37.3 Å². The van der Waals surface area contributed by atoms with Gasteiger partial charge in [-0.25, -0.2) is 0 Å². The molecule has 0 saturated carbocycles. The normalized spacial score (nSPS) is 13.6. The maximum absolute atomic E-state index is 12.8. The number of hydrogen-bond donors (Lipinski definition) is 1. The molecule has 0 atom stereocenters. The van der Waals surface area contributed by atoms with E-state index in [4.69, 9.17) is 0 Å². The molecule has 5 nitrogen and oxygen atoms in total. The van der Waals surface area contributed by atoms with Gasteiger partial charge in [-0.05, 0) is 55.7 Å². The van der Waals surface area contributed by atoms with Gasteiger partial charge in [-0.15, -0.1) is 0 Å². The number of rotatable bonds is 4. The van der Waals surface area contributed by atoms with E-state index < -0.39 is 0 Å². The van der Waals surface area contributed by atoms with Crippen molar-refractivity contribution in [3.8, 4) is 0 Å². The molecule has 1 N–H and O–H groups in total. The average molecular weight is 323 g/mol. The molecule has 0 unspecified atom stereocenters. The summed E-state index contributed by atoms with van der Waals surface area (Å²) >= 11 is 0. The van der Waals surface area contributed by atoms with Crippen molar-refractivity contribution in [3.63, 3.8) is 0 Å². The fourth-order valence-corrected chi connectivity index (χ4v) is 2.90. The van der Waals surface area contributed by atoms with E-state index in [0.717, 1.165) is 29.8 Å². The lowest BCUT2D eigenvalue weighted by Crippen LogP contribution is -2.30. The SMILES string of the molecule is CCN(Cc1ccccn1)C(=O)c1ccc2c(c1)CCCC(=O)N2. The third-order valence-corrected chi connectivity index (χ3v) is 4.22. The zero-order valence-corrected chi connectivity index (χ0v) is 13.8. The molecule has 1 aliphatic heterocycles. The van der Waals surface area contributed by atoms with Gasteiger partial charge in [-0.3, -0.25) is 14.6 Å². The van der Waals surface area contributed by atoms with Gasteiger partial charge in [0.15, 0.2) is 0 Å². The quantitative estimate of drug-likeness (QED) is 0.941. The summed E-state index contributed by atoms with van der Waals surface area (Å²) in [6.45, 7) is 3.07. The van der Waals surface area contributed by atoms with Gasteiger partial charge < -0.3 is 10.2 Å². The first-order valence-electron chi connectivity index (χ1n) is 8.29. The smallest absolute Gasteiger partial charge is 0.254 e. The highest BCUT2D eigenvalue weighted by atomic mass is 16.2. The van der Waals surface area contributed by atoms with Crippen LogP contribution in [0.15, 0.2) is 42.6 Å². The highest BCUT2D eigenvalue weighted by Gasteiger charge is 2.18. The van der Waals surface area contributed by atoms with Gasteiger partial charge in [-0.2, -0.15) is 0 Å². The standard InChI is InChI=1S/C19H21N3O2/c1-2-22(13-16-7-3-4-11-20-16)19(24)15-9-10-17-14(12-15)6-5-8-18(23)21-17/h3-4,7,9-12H,2,5-6,8,13H2,1H3,(H,21,23). The number of carbonyl (C=O) groups is 2. The highest BCUT2D eigenvalue weighted by Crippen LogP contribution is 2.24. The first kappa shape index (κ1) is 16.2. The lowest BCUT2D eigenvalue weighted by molar-refractivity contribution is -0.116. The molecule has 0 bridgehead atoms. The van der Waals surface area contributed by atoms with Gasteiger partial charge in [0.05, 0.1) is 12.2 Å². The minimum absolute atomic E-state index is 0.0125. The fourth-order valence-electron chi connectivity index (χ4n) is 2.90. The molecule has 124 valence electrons. The second-order valence-electron chi connectivity index (χ2n) is 5.91. The van der Waals surface area contributed by atoms with E-state index in [1.54, 1.807) is 17.2 Å². The fraction of sp³-hybridized carbons (Fsp3) is 0.316. The lowest BCUT2D eigenvalue weighted by Gasteiger charge is -2.21. The van der Waals surface area contributed by atoms with Gasteiger partial charge >= 0.3 is 0 Å². The van der Waals surface area contributed by atoms with Crippen molar-refractivity contribution in [3.05, 3.63) is 59.4 Å². The monoisotopic (exact) mass is 323 g/mol. The minimum Gasteiger partial charge on any atom is -0.333 e. The van der Waals surface area contributed by atoms with Crippen LogP contribution in [0.2, 0.25) is 0 Å². The number of benzene rings is 1. The average Bonchev–Trinajstić information content (AvgIpc) is 2.79. The van der Waals surface area contributed by atoms with Crippen LogP contribution < -0.4 is 5.32 Å². The van der Waals surface area contributed by atoms with E-state index in [0.29, 0.717) is 25.1 Å². The molecule has 3 rings (SSSR count). The second-order valence-corrected chi connectivity index (χ2v) is 5.91. The van der Waals surface area contributed by atoms with Crippen molar-refractivity contribution in [2.45, 2.75) is 32.7 Å². The number of aromatic nitrogens is 1. The first-order chi connectivity index (χ1) is 11.7. The maximum Gasteiger partial charge on any atom is 0.254 e. The zero-order chi connectivity index (χ0) is 16.9. The van der Waals surface area contributed by atoms with E-state index in [1.165, 1.54) is 0 Å². The summed E-state index contributed by atoms with van der Waals surface area (Å²) in [5.74, 6) is 0.0275. The summed E-state index contributed by atoms with van der Waals surface area (Å²) in [6, 6.07) is 11.2. The molecular formula is C19H21N3O2. The molecule has 0 aliphatic carbocycles. The zero-order valence-electron chi connectivity index (χ0n) is 13.8. The molecule has 2 amide bonds. The Balaban J connectivity index is 1.81. The molecule has 0 fully saturated rings. The molecule has 0 saturated heterocycles. The number of pyridine rings is 1. The van der Waals surface area contributed by atoms with Gasteiger partial charge in [-0.1, -0.05) is 6.07 Å². The number of anilines is 1. The molecule has 0 radical (unpaired) electrons. The summed E-state index contributed by atoms with van der Waals surface area (Å²) in [5, 5.41) is 2.90. The van der Waals surface area contributed by atoms with Crippen molar-refractivity contribution in [1.29, 1.82) is 0 Å². The van der Waals surface area contributed by atoms with Crippen LogP contribution in [0.3, 0.4) is 0 Å². The summed E-state index contributed by atoms with van der Waals surface area (Å²) < 4.78 is 0. The van der Waals surface area contributed by atoms with Crippen molar-refractivity contribution in [2.75, 3.05) is 11.9 Å². The predicted octanol–water partition coefficient (Wildman–Crippen LogP) is 3.02. The Morgan fingerprint density at radius 3 is 2.88 bits per heavy atom. The summed E-state index contributed by atoms with van der Waals surface area (Å²) in [4.78, 5) is 30.5. The van der Waals surface area contributed by atoms with E-state index >= 15 is 0 Å². The predicted molar refractivity (Wildman–Crippen MR) is 92.7 cm³/mol. The summed E-state index contributed by atoms with van der Waals surface area (Å²) in [7, 11) is 0. The topological polar surface area (TPSA) is 62.3 Å². The molecular weight excluding hydrogens is 302 g/mol. The molecule has 2 aromatic rings. The third kappa shape index (κ3) is 3.62. The van der Waals surface area contributed by atoms with Crippen LogP contribution in [0, 0.1) is 0 Å². The van der Waals surface area contributed by atoms with Crippen LogP contribution >= 0.6 is 0 Å². The van der Waals surface area contributed by atoms with Crippen molar-refractivity contribution < 1.29 is 9.59 Å². The van der Waals surface area contributed by atoms with Gasteiger partial charge in [0.2, 0.25) is 5.91 Å². The number of fused-ring (bicyclic) bond motifs is 1. The Labute approximate surface area is 141 Å². The third-order valence-electron chi connectivity index (χ3n) is 4.22. The van der Waals surface area contributed by atoms with E-state index in [-0.39, 0.29) is 11.8 Å². The minimum atomic E-state index is -0.0125. The van der Waals surface area contributed by atoms with Crippen LogP contribution in [0.5, 0.6) is 0 Å². The number of nitrogens with one attached hydrogen (secondary N) is 1. The first-order valence-corrected chi connectivity index (χ1v) is 8.29. The number of hydrogen-bond acceptors (Lipinski definition) is 3. The largest absolute Gasteiger partial charge is 0.333 e. The molecule has 1 aromatic heterocycles. The van der Waals surface area contributed by atoms with Gasteiger partial charge in [0.1, 0.15) is 0 Å². The molecule has 1 aliphatic rings. The number of carbonyl (C=O) groups excluding carboxylic acids is 2. The van der Waals surface area contributed by atoms with Crippen LogP contribution in [0.1, 0.15) is 41.4 Å². The Morgan fingerprint density at radius 1 is 1.25 bits per heavy atom. The Hall–Kier alpha value is -2.69. The van der Waals surface area contributed by atoms with E-state index in [2.05, 4.69) is 10.3 Å². The summed E-state index contributed by atoms with van der Waals surface area (Å²) in [5.41, 5.74) is 3.37. The number of nitrogens with zero attached hydrogens (tertiary/aromatic N) is 2. The molecule has 1 aromatic carbocycles. The molecule has 0 spiro atoms. The molecule has 2 heterocycles. The lowest BCUT2D eigenvalue weighted by atomic mass is 10.0. The summed E-state index contributed by atoms with van der Waals surface area (Å²) in [6.07, 6.45) is 3.88. The van der Waals surface area contributed by atoms with Crippen molar-refractivity contribution in [1.82, 2.24) is 9.88 Å². The maximum atomic E-state index is 12.8. The van der Waals surface area contributed by atoms with Crippen LogP contribution in [-0.4, -0.2) is 28.2 Å². The Kier molecular flexibility index (Phi) is 4.89. The molecule has 5 heteroatoms. The molecule has 24 heavy (non-hydrogen) atoms. The van der Waals surface area contributed by atoms with Crippen LogP contribution in [-0.2, 0) is 17.8 Å². The van der Waals surface area contributed by atoms with Crippen molar-refractivity contribution in [2.24, 2.45) is 0 Å². The Morgan fingerprint density at radius 2 is 2.12 bits per heavy atom. The van der Waals surface area contributed by atoms with Crippen LogP contribution in [0.4, 0.5) is 5.69 Å². The second kappa shape index (κ2) is 7.25. The van der Waals surface area contributed by atoms with Crippen LogP contribution in [0.25, 0.3) is 0 Å². The number of amides is 2. The van der Waals surface area contributed by atoms with Gasteiger partial charge in [0, 0.05) is 30.4 Å². The van der Waals surface area contributed by atoms with E-state index in [9.17, 15) is 9.59 Å². The highest BCUT2D eigenvalue weighted by molar-refractivity contribution is 5.97.